The summed E-state index contributed by atoms with van der Waals surface area (Å²) in [4.78, 5) is 3.85. The summed E-state index contributed by atoms with van der Waals surface area (Å²) in [6.07, 6.45) is 0.650. The van der Waals surface area contributed by atoms with Crippen molar-refractivity contribution in [2.24, 2.45) is 5.73 Å². The average Bonchev–Trinajstić information content (AvgIpc) is 3.09. The highest BCUT2D eigenvalue weighted by Crippen LogP contribution is 2.29. The smallest absolute Gasteiger partial charge is 0.263 e. The van der Waals surface area contributed by atoms with E-state index in [-0.39, 0.29) is 20.6 Å². The molecule has 2 aromatic carbocycles. The number of nitrogens with two attached hydrogens (primary N) is 1. The van der Waals surface area contributed by atoms with Gasteiger partial charge in [-0.25, -0.2) is 17.8 Å². The summed E-state index contributed by atoms with van der Waals surface area (Å²) in [6.45, 7) is 0. The van der Waals surface area contributed by atoms with Gasteiger partial charge >= 0.3 is 0 Å². The quantitative estimate of drug-likeness (QED) is 0.535. The Morgan fingerprint density at radius 1 is 1.23 bits per heavy atom. The molecule has 0 amide bonds. The number of sulfonamides is 1. The SMILES string of the molecule is N[C@H](Nc1ccc(S(=O)(=O)Nc2nccs2)cc1Cl)c1ccccc1F. The lowest BCUT2D eigenvalue weighted by molar-refractivity contribution is 0.596. The molecule has 3 aromatic rings. The first-order valence-corrected chi connectivity index (χ1v) is 10.1. The maximum Gasteiger partial charge on any atom is 0.263 e. The van der Waals surface area contributed by atoms with Gasteiger partial charge in [0.2, 0.25) is 0 Å². The van der Waals surface area contributed by atoms with Crippen molar-refractivity contribution in [3.8, 4) is 0 Å². The van der Waals surface area contributed by atoms with Crippen molar-refractivity contribution in [2.45, 2.75) is 11.1 Å². The number of anilines is 2. The van der Waals surface area contributed by atoms with Gasteiger partial charge in [0.15, 0.2) is 5.13 Å². The zero-order valence-corrected chi connectivity index (χ0v) is 15.6. The van der Waals surface area contributed by atoms with E-state index in [1.54, 1.807) is 23.6 Å². The molecule has 4 N–H and O–H groups in total. The van der Waals surface area contributed by atoms with Gasteiger partial charge in [-0.2, -0.15) is 0 Å². The van der Waals surface area contributed by atoms with Crippen molar-refractivity contribution in [3.63, 3.8) is 0 Å². The van der Waals surface area contributed by atoms with E-state index in [0.29, 0.717) is 5.69 Å². The Kier molecular flexibility index (Phi) is 5.42. The number of nitrogens with one attached hydrogen (secondary N) is 2. The van der Waals surface area contributed by atoms with Gasteiger partial charge in [0.1, 0.15) is 12.0 Å². The summed E-state index contributed by atoms with van der Waals surface area (Å²) in [5, 5.41) is 4.92. The molecule has 0 radical (unpaired) electrons. The molecule has 10 heteroatoms. The molecule has 0 saturated carbocycles. The number of rotatable bonds is 6. The van der Waals surface area contributed by atoms with Gasteiger partial charge < -0.3 is 11.1 Å². The molecule has 6 nitrogen and oxygen atoms in total. The van der Waals surface area contributed by atoms with E-state index < -0.39 is 22.0 Å². The van der Waals surface area contributed by atoms with E-state index in [9.17, 15) is 12.8 Å². The molecule has 0 unspecified atom stereocenters. The van der Waals surface area contributed by atoms with Crippen LogP contribution in [0.25, 0.3) is 0 Å². The summed E-state index contributed by atoms with van der Waals surface area (Å²) in [7, 11) is -3.82. The minimum Gasteiger partial charge on any atom is -0.365 e. The molecule has 26 heavy (non-hydrogen) atoms. The van der Waals surface area contributed by atoms with Crippen LogP contribution in [0.4, 0.5) is 15.2 Å². The molecule has 0 bridgehead atoms. The van der Waals surface area contributed by atoms with E-state index in [0.717, 1.165) is 11.3 Å². The lowest BCUT2D eigenvalue weighted by atomic mass is 10.1. The fourth-order valence-electron chi connectivity index (χ4n) is 2.20. The Balaban J connectivity index is 1.80. The molecule has 0 aliphatic carbocycles. The van der Waals surface area contributed by atoms with Crippen LogP contribution in [0, 0.1) is 5.82 Å². The first kappa shape index (κ1) is 18.6. The maximum atomic E-state index is 13.8. The predicted molar refractivity (Wildman–Crippen MR) is 101 cm³/mol. The molecule has 0 aliphatic rings. The lowest BCUT2D eigenvalue weighted by Gasteiger charge is -2.17. The fraction of sp³-hybridized carbons (Fsp3) is 0.0625. The van der Waals surface area contributed by atoms with Crippen LogP contribution in [0.1, 0.15) is 11.7 Å². The third kappa shape index (κ3) is 4.13. The largest absolute Gasteiger partial charge is 0.365 e. The van der Waals surface area contributed by atoms with Crippen LogP contribution in [0.3, 0.4) is 0 Å². The second-order valence-electron chi connectivity index (χ2n) is 5.23. The number of hydrogen-bond acceptors (Lipinski definition) is 6. The second-order valence-corrected chi connectivity index (χ2v) is 8.21. The molecule has 1 aromatic heterocycles. The van der Waals surface area contributed by atoms with Crippen molar-refractivity contribution < 1.29 is 12.8 Å². The molecule has 0 saturated heterocycles. The van der Waals surface area contributed by atoms with Crippen LogP contribution in [0.15, 0.2) is 58.9 Å². The second kappa shape index (κ2) is 7.58. The summed E-state index contributed by atoms with van der Waals surface area (Å²) in [5.74, 6) is -0.449. The molecule has 0 fully saturated rings. The van der Waals surface area contributed by atoms with Crippen LogP contribution in [-0.4, -0.2) is 13.4 Å². The van der Waals surface area contributed by atoms with Crippen molar-refractivity contribution in [3.05, 3.63) is 70.4 Å². The zero-order chi connectivity index (χ0) is 18.7. The van der Waals surface area contributed by atoms with E-state index in [1.165, 1.54) is 30.5 Å². The molecule has 0 spiro atoms. The highest BCUT2D eigenvalue weighted by molar-refractivity contribution is 7.93. The standard InChI is InChI=1S/C16H14ClFN4O2S2/c17-12-9-10(26(23,24)22-16-20-7-8-25-16)5-6-14(12)21-15(19)11-3-1-2-4-13(11)18/h1-9,15,21H,19H2,(H,20,22)/t15-/m1/s1. The molecule has 136 valence electrons. The summed E-state index contributed by atoms with van der Waals surface area (Å²) in [5.41, 5.74) is 6.62. The summed E-state index contributed by atoms with van der Waals surface area (Å²) in [6, 6.07) is 10.2. The Labute approximate surface area is 158 Å². The molecule has 1 heterocycles. The van der Waals surface area contributed by atoms with Gasteiger partial charge in [-0.1, -0.05) is 29.8 Å². The van der Waals surface area contributed by atoms with E-state index in [1.807, 2.05) is 0 Å². The molecule has 3 rings (SSSR count). The van der Waals surface area contributed by atoms with Gasteiger partial charge in [-0.3, -0.25) is 4.72 Å². The Morgan fingerprint density at radius 2 is 2.00 bits per heavy atom. The number of nitrogens with zero attached hydrogens (tertiary/aromatic N) is 1. The maximum absolute atomic E-state index is 13.8. The van der Waals surface area contributed by atoms with Crippen LogP contribution in [0.2, 0.25) is 5.02 Å². The highest BCUT2D eigenvalue weighted by Gasteiger charge is 2.18. The number of aromatic nitrogens is 1. The van der Waals surface area contributed by atoms with Gasteiger partial charge in [0.05, 0.1) is 15.6 Å². The minimum atomic E-state index is -3.82. The molecule has 1 atom stereocenters. The Hall–Kier alpha value is -2.20. The van der Waals surface area contributed by atoms with Crippen molar-refractivity contribution in [1.82, 2.24) is 4.98 Å². The van der Waals surface area contributed by atoms with Crippen LogP contribution >= 0.6 is 22.9 Å². The average molecular weight is 413 g/mol. The fourth-order valence-corrected chi connectivity index (χ4v) is 4.31. The topological polar surface area (TPSA) is 97.1 Å². The van der Waals surface area contributed by atoms with Crippen LogP contribution < -0.4 is 15.8 Å². The third-order valence-corrected chi connectivity index (χ3v) is 5.92. The number of thiazole rings is 1. The lowest BCUT2D eigenvalue weighted by Crippen LogP contribution is -2.21. The van der Waals surface area contributed by atoms with Gasteiger partial charge in [0, 0.05) is 17.1 Å². The first-order chi connectivity index (χ1) is 12.4. The minimum absolute atomic E-state index is 0.0253. The van der Waals surface area contributed by atoms with Crippen molar-refractivity contribution >= 4 is 43.8 Å². The Morgan fingerprint density at radius 3 is 2.65 bits per heavy atom. The predicted octanol–water partition coefficient (Wildman–Crippen LogP) is 3.81. The third-order valence-electron chi connectivity index (χ3n) is 3.46. The highest BCUT2D eigenvalue weighted by atomic mass is 35.5. The Bertz CT molecular complexity index is 1010. The summed E-state index contributed by atoms with van der Waals surface area (Å²) < 4.78 is 40.9. The first-order valence-electron chi connectivity index (χ1n) is 7.35. The van der Waals surface area contributed by atoms with Gasteiger partial charge in [-0.15, -0.1) is 11.3 Å². The van der Waals surface area contributed by atoms with E-state index in [4.69, 9.17) is 17.3 Å². The van der Waals surface area contributed by atoms with E-state index in [2.05, 4.69) is 15.0 Å². The van der Waals surface area contributed by atoms with Crippen LogP contribution in [-0.2, 0) is 10.0 Å². The van der Waals surface area contributed by atoms with Crippen LogP contribution in [0.5, 0.6) is 0 Å². The number of hydrogen-bond donors (Lipinski definition) is 3. The summed E-state index contributed by atoms with van der Waals surface area (Å²) >= 11 is 7.33. The normalized spacial score (nSPS) is 12.6. The number of benzene rings is 2. The molecule has 0 aliphatic heterocycles. The van der Waals surface area contributed by atoms with Gasteiger partial charge in [0.25, 0.3) is 10.0 Å². The number of halogens is 2. The van der Waals surface area contributed by atoms with E-state index >= 15 is 0 Å². The molecular formula is C16H14ClFN4O2S2. The van der Waals surface area contributed by atoms with Gasteiger partial charge in [-0.05, 0) is 24.3 Å². The zero-order valence-electron chi connectivity index (χ0n) is 13.2. The monoisotopic (exact) mass is 412 g/mol. The van der Waals surface area contributed by atoms with Crippen molar-refractivity contribution in [2.75, 3.05) is 10.0 Å². The van der Waals surface area contributed by atoms with Crippen molar-refractivity contribution in [1.29, 1.82) is 0 Å². The molecular weight excluding hydrogens is 399 g/mol.